The molecule has 0 aliphatic rings. The number of rotatable bonds is 8. The van der Waals surface area contributed by atoms with Gasteiger partial charge in [0, 0.05) is 25.3 Å². The van der Waals surface area contributed by atoms with E-state index in [9.17, 15) is 9.59 Å². The molecule has 2 aromatic heterocycles. The van der Waals surface area contributed by atoms with Gasteiger partial charge in [-0.15, -0.1) is 0 Å². The number of ether oxygens (including phenoxy) is 4. The van der Waals surface area contributed by atoms with E-state index in [1.807, 2.05) is 26.0 Å². The summed E-state index contributed by atoms with van der Waals surface area (Å²) < 4.78 is 17.9. The lowest BCUT2D eigenvalue weighted by atomic mass is 10.0. The molecule has 10 nitrogen and oxygen atoms in total. The number of H-pyrrole nitrogens is 2. The first-order chi connectivity index (χ1) is 20.7. The average molecular weight is 725 g/mol. The third kappa shape index (κ3) is 12.8. The van der Waals surface area contributed by atoms with E-state index in [2.05, 4.69) is 19.9 Å². The SMILES string of the molecule is C.COCc1nc(-c2cc(C(=O)OC)ccc2C)c(Cl)[nH]1.COCc1ncc(-c2cc(C(=O)OC)ccc2C)[nH]1.ClC(Cl)(Cl)Cl. The number of aryl methyl sites for hydroxylation is 2. The largest absolute Gasteiger partial charge is 0.465 e. The standard InChI is InChI=1S/C14H15ClN2O3.C14H16N2O3.CCl4.CH4/c1-8-4-5-9(14(18)20-3)6-10(8)12-13(15)17-11(16-12)7-19-2;1-9-4-5-10(14(17)19-3)6-11(9)12-7-15-13(16-12)8-18-2;2-1(3,4)5;/h4-6H,7H2,1-3H3,(H,16,17);4-7H,8H2,1-3H3,(H,15,16);;1H4. The predicted octanol–water partition coefficient (Wildman–Crippen LogP) is 8.48. The van der Waals surface area contributed by atoms with E-state index in [0.717, 1.165) is 33.8 Å². The van der Waals surface area contributed by atoms with E-state index >= 15 is 0 Å². The summed E-state index contributed by atoms with van der Waals surface area (Å²) in [4.78, 5) is 37.9. The molecule has 0 amide bonds. The average Bonchev–Trinajstić information content (AvgIpc) is 3.58. The lowest BCUT2D eigenvalue weighted by Crippen LogP contribution is -2.01. The van der Waals surface area contributed by atoms with Gasteiger partial charge < -0.3 is 28.9 Å². The van der Waals surface area contributed by atoms with Crippen molar-refractivity contribution in [2.24, 2.45) is 0 Å². The Hall–Kier alpha value is -2.83. The fraction of sp³-hybridized carbons (Fsp3) is 0.333. The minimum atomic E-state index is -1.61. The highest BCUT2D eigenvalue weighted by molar-refractivity contribution is 6.83. The number of aromatic amines is 2. The lowest BCUT2D eigenvalue weighted by molar-refractivity contribution is 0.0592. The van der Waals surface area contributed by atoms with E-state index in [1.54, 1.807) is 44.7 Å². The number of methoxy groups -OCH3 is 4. The second kappa shape index (κ2) is 19.0. The van der Waals surface area contributed by atoms with Crippen LogP contribution in [0.25, 0.3) is 22.5 Å². The van der Waals surface area contributed by atoms with Crippen molar-refractivity contribution >= 4 is 69.9 Å². The summed E-state index contributed by atoms with van der Waals surface area (Å²) in [5.74, 6) is 0.642. The van der Waals surface area contributed by atoms with Crippen LogP contribution < -0.4 is 0 Å². The summed E-state index contributed by atoms with van der Waals surface area (Å²) in [5, 5.41) is 0.419. The van der Waals surface area contributed by atoms with Crippen LogP contribution in [0.1, 0.15) is 50.9 Å². The third-order valence-electron chi connectivity index (χ3n) is 5.76. The number of nitrogens with one attached hydrogen (secondary N) is 2. The van der Waals surface area contributed by atoms with Gasteiger partial charge in [-0.1, -0.05) is 77.6 Å². The Morgan fingerprint density at radius 2 is 1.24 bits per heavy atom. The highest BCUT2D eigenvalue weighted by Gasteiger charge is 2.16. The van der Waals surface area contributed by atoms with Gasteiger partial charge in [0.05, 0.1) is 37.2 Å². The summed E-state index contributed by atoms with van der Waals surface area (Å²) in [6.45, 7) is 4.68. The fourth-order valence-electron chi connectivity index (χ4n) is 3.77. The molecule has 45 heavy (non-hydrogen) atoms. The van der Waals surface area contributed by atoms with Gasteiger partial charge in [0.15, 0.2) is 0 Å². The summed E-state index contributed by atoms with van der Waals surface area (Å²) in [6, 6.07) is 10.7. The second-order valence-corrected chi connectivity index (χ2v) is 12.7. The lowest BCUT2D eigenvalue weighted by Gasteiger charge is -2.06. The zero-order valence-corrected chi connectivity index (χ0v) is 28.5. The molecular weight excluding hydrogens is 690 g/mol. The smallest absolute Gasteiger partial charge is 0.337 e. The van der Waals surface area contributed by atoms with Crippen LogP contribution in [0.5, 0.6) is 0 Å². The van der Waals surface area contributed by atoms with Crippen LogP contribution in [0, 0.1) is 13.8 Å². The van der Waals surface area contributed by atoms with Gasteiger partial charge in [-0.05, 0) is 49.2 Å². The summed E-state index contributed by atoms with van der Waals surface area (Å²) >= 11 is 25.5. The Bertz CT molecular complexity index is 1550. The fourth-order valence-corrected chi connectivity index (χ4v) is 4.02. The summed E-state index contributed by atoms with van der Waals surface area (Å²) in [5.41, 5.74) is 6.17. The molecule has 4 rings (SSSR count). The Kier molecular flexibility index (Phi) is 16.9. The number of halogens is 5. The second-order valence-electron chi connectivity index (χ2n) is 8.93. The first-order valence-corrected chi connectivity index (χ1v) is 14.5. The summed E-state index contributed by atoms with van der Waals surface area (Å²) in [6.07, 6.45) is 1.73. The normalized spacial score (nSPS) is 10.5. The Morgan fingerprint density at radius 1 is 0.778 bits per heavy atom. The number of aromatic nitrogens is 4. The summed E-state index contributed by atoms with van der Waals surface area (Å²) in [7, 11) is 5.92. The number of carbonyl (C=O) groups excluding carboxylic acids is 2. The van der Waals surface area contributed by atoms with Gasteiger partial charge in [0.2, 0.25) is 0 Å². The molecule has 0 aliphatic heterocycles. The molecule has 0 bridgehead atoms. The molecule has 0 radical (unpaired) electrons. The molecule has 2 aromatic carbocycles. The number of hydrogen-bond donors (Lipinski definition) is 2. The molecule has 246 valence electrons. The highest BCUT2D eigenvalue weighted by atomic mass is 35.6. The minimum absolute atomic E-state index is 0. The molecule has 0 fully saturated rings. The molecule has 2 N–H and O–H groups in total. The van der Waals surface area contributed by atoms with Gasteiger partial charge in [0.1, 0.15) is 35.7 Å². The monoisotopic (exact) mass is 722 g/mol. The maximum absolute atomic E-state index is 11.6. The Balaban J connectivity index is 0.000000385. The molecule has 4 aromatic rings. The van der Waals surface area contributed by atoms with E-state index in [-0.39, 0.29) is 13.4 Å². The van der Waals surface area contributed by atoms with Crippen molar-refractivity contribution in [3.8, 4) is 22.5 Å². The van der Waals surface area contributed by atoms with Crippen molar-refractivity contribution in [2.75, 3.05) is 28.4 Å². The molecule has 0 aliphatic carbocycles. The number of hydrogen-bond acceptors (Lipinski definition) is 8. The van der Waals surface area contributed by atoms with Crippen molar-refractivity contribution in [3.63, 3.8) is 0 Å². The molecular formula is C30H35Cl5N4O6. The van der Waals surface area contributed by atoms with Crippen LogP contribution in [0.3, 0.4) is 0 Å². The molecule has 0 saturated heterocycles. The van der Waals surface area contributed by atoms with E-state index in [1.165, 1.54) is 14.2 Å². The van der Waals surface area contributed by atoms with E-state index in [0.29, 0.717) is 41.0 Å². The Morgan fingerprint density at radius 3 is 1.73 bits per heavy atom. The van der Waals surface area contributed by atoms with Crippen LogP contribution in [0.15, 0.2) is 42.6 Å². The molecule has 0 atom stereocenters. The zero-order chi connectivity index (χ0) is 33.0. The van der Waals surface area contributed by atoms with E-state index in [4.69, 9.17) is 77.0 Å². The van der Waals surface area contributed by atoms with Crippen LogP contribution in [0.2, 0.25) is 5.15 Å². The third-order valence-corrected chi connectivity index (χ3v) is 6.04. The maximum Gasteiger partial charge on any atom is 0.337 e. The number of carbonyl (C=O) groups is 2. The molecule has 15 heteroatoms. The number of imidazole rings is 2. The predicted molar refractivity (Wildman–Crippen MR) is 180 cm³/mol. The number of esters is 2. The topological polar surface area (TPSA) is 128 Å². The molecule has 0 unspecified atom stereocenters. The molecule has 0 saturated carbocycles. The minimum Gasteiger partial charge on any atom is -0.465 e. The van der Waals surface area contributed by atoms with Crippen LogP contribution in [-0.2, 0) is 32.2 Å². The van der Waals surface area contributed by atoms with Crippen molar-refractivity contribution in [2.45, 2.75) is 37.7 Å². The molecule has 2 heterocycles. The zero-order valence-electron chi connectivity index (χ0n) is 24.7. The van der Waals surface area contributed by atoms with Gasteiger partial charge in [-0.3, -0.25) is 0 Å². The number of alkyl halides is 4. The quantitative estimate of drug-likeness (QED) is 0.137. The van der Waals surface area contributed by atoms with Gasteiger partial charge in [-0.2, -0.15) is 0 Å². The van der Waals surface area contributed by atoms with Gasteiger partial charge >= 0.3 is 11.9 Å². The number of nitrogens with zero attached hydrogens (tertiary/aromatic N) is 2. The number of benzene rings is 2. The first kappa shape index (κ1) is 40.2. The Labute approximate surface area is 287 Å². The van der Waals surface area contributed by atoms with Crippen LogP contribution in [-0.4, -0.2) is 63.6 Å². The van der Waals surface area contributed by atoms with Crippen molar-refractivity contribution in [1.82, 2.24) is 19.9 Å². The van der Waals surface area contributed by atoms with Gasteiger partial charge in [-0.25, -0.2) is 19.6 Å². The van der Waals surface area contributed by atoms with Crippen molar-refractivity contribution in [1.29, 1.82) is 0 Å². The van der Waals surface area contributed by atoms with E-state index < -0.39 is 9.22 Å². The van der Waals surface area contributed by atoms with Gasteiger partial charge in [0.25, 0.3) is 3.25 Å². The van der Waals surface area contributed by atoms with Crippen LogP contribution >= 0.6 is 58.0 Å². The first-order valence-electron chi connectivity index (χ1n) is 12.6. The molecule has 0 spiro atoms. The van der Waals surface area contributed by atoms with Crippen molar-refractivity contribution < 1.29 is 28.5 Å². The highest BCUT2D eigenvalue weighted by Crippen LogP contribution is 2.30. The van der Waals surface area contributed by atoms with Crippen LogP contribution in [0.4, 0.5) is 0 Å². The van der Waals surface area contributed by atoms with Crippen molar-refractivity contribution in [3.05, 3.63) is 81.7 Å². The maximum atomic E-state index is 11.6.